The molecule has 0 unspecified atom stereocenters. The minimum absolute atomic E-state index is 0.315. The largest absolute Gasteiger partial charge is 0.310 e. The maximum atomic E-state index is 4.37. The molecular formula is C13H22N6. The number of hydrogen-bond acceptors (Lipinski definition) is 4. The van der Waals surface area contributed by atoms with Gasteiger partial charge in [-0.05, 0) is 13.8 Å². The number of nitrogens with one attached hydrogen (secondary N) is 1. The van der Waals surface area contributed by atoms with Crippen molar-refractivity contribution < 1.29 is 0 Å². The molecule has 0 saturated carbocycles. The molecule has 2 aromatic heterocycles. The molecule has 0 saturated heterocycles. The molecule has 0 bridgehead atoms. The molecule has 1 N–H and O–H groups in total. The van der Waals surface area contributed by atoms with Gasteiger partial charge in [-0.1, -0.05) is 13.8 Å². The highest BCUT2D eigenvalue weighted by atomic mass is 15.4. The summed E-state index contributed by atoms with van der Waals surface area (Å²) in [5.74, 6) is 0.932. The van der Waals surface area contributed by atoms with Crippen LogP contribution in [-0.2, 0) is 13.1 Å². The second-order valence-electron chi connectivity index (χ2n) is 5.30. The van der Waals surface area contributed by atoms with Gasteiger partial charge in [-0.2, -0.15) is 10.2 Å². The standard InChI is InChI=1S/C13H22N6/c1-10(2)14-5-12-6-16-18(7-12)8-13-15-9-17-19(13)11(3)4/h6-7,9-11,14H,5,8H2,1-4H3. The van der Waals surface area contributed by atoms with E-state index in [1.165, 1.54) is 5.56 Å². The van der Waals surface area contributed by atoms with Crippen molar-refractivity contribution >= 4 is 0 Å². The molecule has 2 aromatic rings. The normalized spacial score (nSPS) is 11.7. The molecule has 0 fully saturated rings. The van der Waals surface area contributed by atoms with Gasteiger partial charge in [-0.15, -0.1) is 0 Å². The first-order valence-corrected chi connectivity index (χ1v) is 6.69. The number of aromatic nitrogens is 5. The van der Waals surface area contributed by atoms with E-state index in [-0.39, 0.29) is 0 Å². The van der Waals surface area contributed by atoms with Crippen LogP contribution in [0.3, 0.4) is 0 Å². The molecule has 2 rings (SSSR count). The number of rotatable bonds is 6. The minimum Gasteiger partial charge on any atom is -0.310 e. The van der Waals surface area contributed by atoms with E-state index in [0.717, 1.165) is 12.4 Å². The third-order valence-corrected chi connectivity index (χ3v) is 2.84. The van der Waals surface area contributed by atoms with Crippen LogP contribution in [0.5, 0.6) is 0 Å². The minimum atomic E-state index is 0.315. The molecular weight excluding hydrogens is 240 g/mol. The third kappa shape index (κ3) is 3.64. The highest BCUT2D eigenvalue weighted by Gasteiger charge is 2.09. The van der Waals surface area contributed by atoms with Gasteiger partial charge in [-0.25, -0.2) is 9.67 Å². The van der Waals surface area contributed by atoms with Gasteiger partial charge < -0.3 is 5.32 Å². The molecule has 0 aliphatic rings. The van der Waals surface area contributed by atoms with Crippen molar-refractivity contribution in [3.63, 3.8) is 0 Å². The van der Waals surface area contributed by atoms with Gasteiger partial charge in [0.05, 0.1) is 6.20 Å². The average molecular weight is 262 g/mol. The van der Waals surface area contributed by atoms with Gasteiger partial charge in [0.25, 0.3) is 0 Å². The molecule has 0 radical (unpaired) electrons. The summed E-state index contributed by atoms with van der Waals surface area (Å²) in [5, 5.41) is 12.0. The van der Waals surface area contributed by atoms with E-state index in [2.05, 4.69) is 54.4 Å². The Morgan fingerprint density at radius 2 is 2.00 bits per heavy atom. The fraction of sp³-hybridized carbons (Fsp3) is 0.615. The van der Waals surface area contributed by atoms with E-state index < -0.39 is 0 Å². The Morgan fingerprint density at radius 1 is 1.21 bits per heavy atom. The highest BCUT2D eigenvalue weighted by molar-refractivity contribution is 5.04. The summed E-state index contributed by atoms with van der Waals surface area (Å²) in [6.45, 7) is 9.96. The lowest BCUT2D eigenvalue weighted by atomic mass is 10.3. The van der Waals surface area contributed by atoms with Crippen molar-refractivity contribution in [2.45, 2.75) is 52.9 Å². The zero-order valence-electron chi connectivity index (χ0n) is 12.0. The maximum absolute atomic E-state index is 4.37. The van der Waals surface area contributed by atoms with E-state index in [0.29, 0.717) is 18.6 Å². The summed E-state index contributed by atoms with van der Waals surface area (Å²) >= 11 is 0. The first-order valence-electron chi connectivity index (χ1n) is 6.69. The summed E-state index contributed by atoms with van der Waals surface area (Å²) in [4.78, 5) is 4.29. The summed E-state index contributed by atoms with van der Waals surface area (Å²) in [6, 6.07) is 0.794. The summed E-state index contributed by atoms with van der Waals surface area (Å²) in [6.07, 6.45) is 5.54. The van der Waals surface area contributed by atoms with Crippen LogP contribution >= 0.6 is 0 Å². The Bertz CT molecular complexity index is 511. The summed E-state index contributed by atoms with van der Waals surface area (Å²) in [5.41, 5.74) is 1.18. The van der Waals surface area contributed by atoms with Gasteiger partial charge in [0, 0.05) is 30.4 Å². The smallest absolute Gasteiger partial charge is 0.148 e. The third-order valence-electron chi connectivity index (χ3n) is 2.84. The molecule has 2 heterocycles. The Morgan fingerprint density at radius 3 is 2.68 bits per heavy atom. The van der Waals surface area contributed by atoms with Gasteiger partial charge >= 0.3 is 0 Å². The predicted molar refractivity (Wildman–Crippen MR) is 73.7 cm³/mol. The molecule has 0 aliphatic carbocycles. The van der Waals surface area contributed by atoms with Crippen LogP contribution < -0.4 is 5.32 Å². The van der Waals surface area contributed by atoms with Crippen LogP contribution in [0.2, 0.25) is 0 Å². The highest BCUT2D eigenvalue weighted by Crippen LogP contribution is 2.07. The van der Waals surface area contributed by atoms with Gasteiger partial charge in [0.1, 0.15) is 18.7 Å². The SMILES string of the molecule is CC(C)NCc1cnn(Cc2ncnn2C(C)C)c1. The first kappa shape index (κ1) is 13.7. The van der Waals surface area contributed by atoms with E-state index in [4.69, 9.17) is 0 Å². The van der Waals surface area contributed by atoms with Crippen molar-refractivity contribution in [1.82, 2.24) is 29.9 Å². The van der Waals surface area contributed by atoms with Crippen LogP contribution in [0, 0.1) is 0 Å². The second-order valence-corrected chi connectivity index (χ2v) is 5.30. The van der Waals surface area contributed by atoms with Crippen molar-refractivity contribution in [3.8, 4) is 0 Å². The van der Waals surface area contributed by atoms with Crippen LogP contribution in [-0.4, -0.2) is 30.6 Å². The first-order chi connectivity index (χ1) is 9.06. The topological polar surface area (TPSA) is 60.6 Å². The lowest BCUT2D eigenvalue weighted by molar-refractivity contribution is 0.488. The van der Waals surface area contributed by atoms with Crippen LogP contribution in [0.1, 0.15) is 45.1 Å². The molecule has 0 spiro atoms. The molecule has 104 valence electrons. The Balaban J connectivity index is 2.01. The van der Waals surface area contributed by atoms with E-state index in [9.17, 15) is 0 Å². The Kier molecular flexibility index (Phi) is 4.31. The fourth-order valence-electron chi connectivity index (χ4n) is 1.87. The Labute approximate surface area is 113 Å². The zero-order valence-corrected chi connectivity index (χ0v) is 12.0. The van der Waals surface area contributed by atoms with Gasteiger partial charge in [-0.3, -0.25) is 4.68 Å². The van der Waals surface area contributed by atoms with E-state index in [1.807, 2.05) is 15.6 Å². The predicted octanol–water partition coefficient (Wildman–Crippen LogP) is 1.60. The molecule has 0 aromatic carbocycles. The van der Waals surface area contributed by atoms with Gasteiger partial charge in [0.15, 0.2) is 0 Å². The van der Waals surface area contributed by atoms with E-state index in [1.54, 1.807) is 6.33 Å². The molecule has 0 aliphatic heterocycles. The summed E-state index contributed by atoms with van der Waals surface area (Å²) in [7, 11) is 0. The lowest BCUT2D eigenvalue weighted by Gasteiger charge is -2.09. The number of nitrogens with zero attached hydrogens (tertiary/aromatic N) is 5. The van der Waals surface area contributed by atoms with E-state index >= 15 is 0 Å². The molecule has 0 amide bonds. The summed E-state index contributed by atoms with van der Waals surface area (Å²) < 4.78 is 3.83. The quantitative estimate of drug-likeness (QED) is 0.859. The van der Waals surface area contributed by atoms with Crippen molar-refractivity contribution in [2.24, 2.45) is 0 Å². The van der Waals surface area contributed by atoms with Crippen molar-refractivity contribution in [1.29, 1.82) is 0 Å². The zero-order chi connectivity index (χ0) is 13.8. The molecule has 19 heavy (non-hydrogen) atoms. The second kappa shape index (κ2) is 5.97. The van der Waals surface area contributed by atoms with Crippen LogP contribution in [0.25, 0.3) is 0 Å². The lowest BCUT2D eigenvalue weighted by Crippen LogP contribution is -2.21. The molecule has 6 nitrogen and oxygen atoms in total. The van der Waals surface area contributed by atoms with Crippen molar-refractivity contribution in [3.05, 3.63) is 30.1 Å². The monoisotopic (exact) mass is 262 g/mol. The Hall–Kier alpha value is -1.69. The van der Waals surface area contributed by atoms with Crippen molar-refractivity contribution in [2.75, 3.05) is 0 Å². The fourth-order valence-corrected chi connectivity index (χ4v) is 1.87. The molecule has 0 atom stereocenters. The average Bonchev–Trinajstić information content (AvgIpc) is 2.96. The maximum Gasteiger partial charge on any atom is 0.148 e. The van der Waals surface area contributed by atoms with Crippen LogP contribution in [0.4, 0.5) is 0 Å². The number of hydrogen-bond donors (Lipinski definition) is 1. The molecule has 6 heteroatoms. The van der Waals surface area contributed by atoms with Crippen LogP contribution in [0.15, 0.2) is 18.7 Å². The van der Waals surface area contributed by atoms with Gasteiger partial charge in [0.2, 0.25) is 0 Å².